The molecule has 0 unspecified atom stereocenters. The van der Waals surface area contributed by atoms with Gasteiger partial charge in [-0.05, 0) is 33.0 Å². The Bertz CT molecular complexity index is 638. The van der Waals surface area contributed by atoms with Crippen LogP contribution in [0, 0.1) is 10.1 Å². The number of hydrazine groups is 1. The zero-order chi connectivity index (χ0) is 14.0. The van der Waals surface area contributed by atoms with Gasteiger partial charge in [0.05, 0.1) is 22.7 Å². The standard InChI is InChI=1S/C9H8BrN5O3S/c10-6-4-14(13-8(6)15(17)18)3-5-1-2-7(19-5)9(16)12-11/h1-2,4H,3,11H2,(H,12,16). The first-order valence-corrected chi connectivity index (χ1v) is 6.59. The van der Waals surface area contributed by atoms with Gasteiger partial charge in [-0.1, -0.05) is 0 Å². The Kier molecular flexibility index (Phi) is 3.93. The highest BCUT2D eigenvalue weighted by Gasteiger charge is 2.19. The lowest BCUT2D eigenvalue weighted by Gasteiger charge is -1.94. The lowest BCUT2D eigenvalue weighted by Crippen LogP contribution is -2.29. The Morgan fingerprint density at radius 2 is 2.37 bits per heavy atom. The van der Waals surface area contributed by atoms with Crippen molar-refractivity contribution < 1.29 is 9.72 Å². The lowest BCUT2D eigenvalue weighted by molar-refractivity contribution is -0.390. The number of carbonyl (C=O) groups is 1. The minimum absolute atomic E-state index is 0.239. The summed E-state index contributed by atoms with van der Waals surface area (Å²) in [4.78, 5) is 22.7. The van der Waals surface area contributed by atoms with Gasteiger partial charge in [-0.15, -0.1) is 11.3 Å². The molecule has 8 nitrogen and oxygen atoms in total. The Hall–Kier alpha value is -1.78. The number of hydrogen-bond acceptors (Lipinski definition) is 6. The van der Waals surface area contributed by atoms with Crippen molar-refractivity contribution in [2.75, 3.05) is 0 Å². The third kappa shape index (κ3) is 2.97. The van der Waals surface area contributed by atoms with Crippen molar-refractivity contribution in [1.29, 1.82) is 0 Å². The summed E-state index contributed by atoms with van der Waals surface area (Å²) in [6.45, 7) is 0.342. The van der Waals surface area contributed by atoms with Crippen LogP contribution >= 0.6 is 27.3 Å². The number of thiophene rings is 1. The number of halogens is 1. The molecule has 1 amide bonds. The Balaban J connectivity index is 2.17. The topological polar surface area (TPSA) is 116 Å². The molecule has 0 saturated carbocycles. The van der Waals surface area contributed by atoms with E-state index < -0.39 is 4.92 Å². The maximum atomic E-state index is 11.3. The average molecular weight is 346 g/mol. The molecule has 2 aromatic rings. The van der Waals surface area contributed by atoms with Gasteiger partial charge in [0.1, 0.15) is 4.47 Å². The molecule has 0 atom stereocenters. The van der Waals surface area contributed by atoms with Crippen molar-refractivity contribution >= 4 is 39.0 Å². The van der Waals surface area contributed by atoms with E-state index in [2.05, 4.69) is 21.0 Å². The van der Waals surface area contributed by atoms with Crippen LogP contribution in [0.15, 0.2) is 22.8 Å². The van der Waals surface area contributed by atoms with Gasteiger partial charge < -0.3 is 10.1 Å². The second-order valence-electron chi connectivity index (χ2n) is 3.49. The highest BCUT2D eigenvalue weighted by atomic mass is 79.9. The van der Waals surface area contributed by atoms with E-state index in [4.69, 9.17) is 5.84 Å². The van der Waals surface area contributed by atoms with E-state index in [1.54, 1.807) is 12.1 Å². The molecule has 100 valence electrons. The van der Waals surface area contributed by atoms with Crippen LogP contribution in [0.1, 0.15) is 14.5 Å². The molecule has 2 aromatic heterocycles. The van der Waals surface area contributed by atoms with Gasteiger partial charge in [0, 0.05) is 4.88 Å². The number of nitrogens with one attached hydrogen (secondary N) is 1. The summed E-state index contributed by atoms with van der Waals surface area (Å²) in [6.07, 6.45) is 1.51. The molecule has 0 aliphatic heterocycles. The van der Waals surface area contributed by atoms with Crippen LogP contribution in [-0.4, -0.2) is 20.6 Å². The van der Waals surface area contributed by atoms with Crippen LogP contribution < -0.4 is 11.3 Å². The average Bonchev–Trinajstić information content (AvgIpc) is 2.95. The molecule has 0 bridgehead atoms. The summed E-state index contributed by atoms with van der Waals surface area (Å²) in [5, 5.41) is 14.5. The van der Waals surface area contributed by atoms with Crippen LogP contribution in [0.2, 0.25) is 0 Å². The molecule has 0 aliphatic carbocycles. The van der Waals surface area contributed by atoms with E-state index in [9.17, 15) is 14.9 Å². The fourth-order valence-electron chi connectivity index (χ4n) is 1.41. The van der Waals surface area contributed by atoms with Crippen molar-refractivity contribution in [3.8, 4) is 0 Å². The van der Waals surface area contributed by atoms with Crippen LogP contribution in [0.5, 0.6) is 0 Å². The van der Waals surface area contributed by atoms with Crippen molar-refractivity contribution in [2.45, 2.75) is 6.54 Å². The van der Waals surface area contributed by atoms with Crippen LogP contribution in [0.3, 0.4) is 0 Å². The van der Waals surface area contributed by atoms with E-state index in [1.165, 1.54) is 22.2 Å². The van der Waals surface area contributed by atoms with E-state index >= 15 is 0 Å². The molecule has 19 heavy (non-hydrogen) atoms. The Morgan fingerprint density at radius 3 is 2.95 bits per heavy atom. The maximum Gasteiger partial charge on any atom is 0.404 e. The number of aromatic nitrogens is 2. The smallest absolute Gasteiger partial charge is 0.358 e. The molecule has 0 spiro atoms. The summed E-state index contributed by atoms with van der Waals surface area (Å²) in [6, 6.07) is 3.38. The first kappa shape index (κ1) is 13.6. The number of amides is 1. The van der Waals surface area contributed by atoms with Gasteiger partial charge in [-0.3, -0.25) is 10.2 Å². The second-order valence-corrected chi connectivity index (χ2v) is 5.52. The molecule has 10 heteroatoms. The molecular weight excluding hydrogens is 338 g/mol. The fraction of sp³-hybridized carbons (Fsp3) is 0.111. The minimum atomic E-state index is -0.567. The number of nitrogens with zero attached hydrogens (tertiary/aromatic N) is 3. The molecule has 0 aromatic carbocycles. The minimum Gasteiger partial charge on any atom is -0.358 e. The third-order valence-electron chi connectivity index (χ3n) is 2.21. The molecular formula is C9H8BrN5O3S. The van der Waals surface area contributed by atoms with E-state index in [-0.39, 0.29) is 11.7 Å². The predicted octanol–water partition coefficient (Wildman–Crippen LogP) is 1.27. The summed E-state index contributed by atoms with van der Waals surface area (Å²) >= 11 is 4.31. The van der Waals surface area contributed by atoms with Crippen molar-refractivity contribution in [2.24, 2.45) is 5.84 Å². The monoisotopic (exact) mass is 345 g/mol. The number of nitrogen functional groups attached to an aromatic ring is 1. The summed E-state index contributed by atoms with van der Waals surface area (Å²) in [5.74, 6) is 4.42. The van der Waals surface area contributed by atoms with Crippen LogP contribution in [0.25, 0.3) is 0 Å². The number of nitro groups is 1. The van der Waals surface area contributed by atoms with E-state index in [1.807, 2.05) is 5.43 Å². The molecule has 3 N–H and O–H groups in total. The Labute approximate surface area is 119 Å². The SMILES string of the molecule is NNC(=O)c1ccc(Cn2cc(Br)c([N+](=O)[O-])n2)s1. The van der Waals surface area contributed by atoms with E-state index in [0.29, 0.717) is 15.9 Å². The summed E-state index contributed by atoms with van der Waals surface area (Å²) in [7, 11) is 0. The molecule has 0 radical (unpaired) electrons. The van der Waals surface area contributed by atoms with Gasteiger partial charge >= 0.3 is 5.82 Å². The first-order chi connectivity index (χ1) is 9.01. The predicted molar refractivity (Wildman–Crippen MR) is 71.7 cm³/mol. The van der Waals surface area contributed by atoms with Gasteiger partial charge in [0.15, 0.2) is 0 Å². The number of carbonyl (C=O) groups excluding carboxylic acids is 1. The summed E-state index contributed by atoms with van der Waals surface area (Å²) < 4.78 is 1.74. The van der Waals surface area contributed by atoms with Gasteiger partial charge in [-0.2, -0.15) is 4.68 Å². The Morgan fingerprint density at radius 1 is 1.63 bits per heavy atom. The van der Waals surface area contributed by atoms with Crippen LogP contribution in [0.4, 0.5) is 5.82 Å². The molecule has 2 heterocycles. The largest absolute Gasteiger partial charge is 0.404 e. The van der Waals surface area contributed by atoms with E-state index in [0.717, 1.165) is 4.88 Å². The lowest BCUT2D eigenvalue weighted by atomic mass is 10.4. The molecule has 0 aliphatic rings. The molecule has 2 rings (SSSR count). The number of nitrogens with two attached hydrogens (primary N) is 1. The third-order valence-corrected chi connectivity index (χ3v) is 3.83. The maximum absolute atomic E-state index is 11.3. The van der Waals surface area contributed by atoms with Gasteiger partial charge in [0.25, 0.3) is 5.91 Å². The number of hydrogen-bond donors (Lipinski definition) is 2. The highest BCUT2D eigenvalue weighted by molar-refractivity contribution is 9.10. The normalized spacial score (nSPS) is 10.4. The van der Waals surface area contributed by atoms with Gasteiger partial charge in [0.2, 0.25) is 0 Å². The van der Waals surface area contributed by atoms with Crippen LogP contribution in [-0.2, 0) is 6.54 Å². The highest BCUT2D eigenvalue weighted by Crippen LogP contribution is 2.24. The van der Waals surface area contributed by atoms with Gasteiger partial charge in [-0.25, -0.2) is 5.84 Å². The number of rotatable bonds is 4. The van der Waals surface area contributed by atoms with Crippen molar-refractivity contribution in [3.63, 3.8) is 0 Å². The zero-order valence-corrected chi connectivity index (χ0v) is 11.8. The second kappa shape index (κ2) is 5.47. The quantitative estimate of drug-likeness (QED) is 0.374. The van der Waals surface area contributed by atoms with Crippen molar-refractivity contribution in [1.82, 2.24) is 15.2 Å². The summed E-state index contributed by atoms with van der Waals surface area (Å²) in [5.41, 5.74) is 2.04. The first-order valence-electron chi connectivity index (χ1n) is 4.98. The fourth-order valence-corrected chi connectivity index (χ4v) is 2.77. The molecule has 0 saturated heterocycles. The molecule has 0 fully saturated rings. The zero-order valence-electron chi connectivity index (χ0n) is 9.37. The van der Waals surface area contributed by atoms with Crippen molar-refractivity contribution in [3.05, 3.63) is 42.7 Å².